The van der Waals surface area contributed by atoms with Gasteiger partial charge in [-0.2, -0.15) is 0 Å². The molecule has 0 aromatic heterocycles. The fourth-order valence-electron chi connectivity index (χ4n) is 2.87. The zero-order valence-electron chi connectivity index (χ0n) is 11.8. The third kappa shape index (κ3) is 3.77. The maximum Gasteiger partial charge on any atom is 0.129 e. The number of rotatable bonds is 4. The molecule has 4 unspecified atom stereocenters. The van der Waals surface area contributed by atoms with E-state index in [0.717, 1.165) is 24.7 Å². The fraction of sp³-hybridized carbons (Fsp3) is 0.625. The van der Waals surface area contributed by atoms with Gasteiger partial charge in [-0.25, -0.2) is 4.39 Å². The molecule has 1 aromatic rings. The van der Waals surface area contributed by atoms with E-state index in [4.69, 9.17) is 0 Å². The lowest BCUT2D eigenvalue weighted by Crippen LogP contribution is -2.38. The van der Waals surface area contributed by atoms with E-state index in [-0.39, 0.29) is 5.82 Å². The van der Waals surface area contributed by atoms with Gasteiger partial charge in [0.2, 0.25) is 0 Å². The summed E-state index contributed by atoms with van der Waals surface area (Å²) in [5.41, 5.74) is 0.382. The second kappa shape index (κ2) is 6.49. The van der Waals surface area contributed by atoms with Crippen molar-refractivity contribution >= 4 is 0 Å². The van der Waals surface area contributed by atoms with Gasteiger partial charge in [-0.1, -0.05) is 32.0 Å². The Morgan fingerprint density at radius 1 is 1.26 bits per heavy atom. The van der Waals surface area contributed by atoms with Crippen LogP contribution < -0.4 is 5.32 Å². The Hall–Kier alpha value is -0.930. The van der Waals surface area contributed by atoms with Crippen molar-refractivity contribution in [2.45, 2.75) is 45.3 Å². The monoisotopic (exact) mass is 265 g/mol. The first kappa shape index (κ1) is 14.5. The van der Waals surface area contributed by atoms with Gasteiger partial charge < -0.3 is 10.4 Å². The summed E-state index contributed by atoms with van der Waals surface area (Å²) >= 11 is 0. The van der Waals surface area contributed by atoms with Crippen molar-refractivity contribution in [3.05, 3.63) is 35.6 Å². The quantitative estimate of drug-likeness (QED) is 0.875. The lowest BCUT2D eigenvalue weighted by molar-refractivity contribution is 0.151. The molecule has 19 heavy (non-hydrogen) atoms. The summed E-state index contributed by atoms with van der Waals surface area (Å²) < 4.78 is 13.5. The first-order chi connectivity index (χ1) is 9.08. The first-order valence-electron chi connectivity index (χ1n) is 7.23. The third-order valence-electron chi connectivity index (χ3n) is 4.46. The molecule has 1 fully saturated rings. The SMILES string of the molecule is CC1CCC(NCC(O)c2ccccc2F)CC1C. The molecule has 106 valence electrons. The minimum absolute atomic E-state index is 0.331. The Balaban J connectivity index is 1.84. The molecule has 0 amide bonds. The molecule has 2 nitrogen and oxygen atoms in total. The van der Waals surface area contributed by atoms with Gasteiger partial charge in [-0.3, -0.25) is 0 Å². The summed E-state index contributed by atoms with van der Waals surface area (Å²) in [5, 5.41) is 13.4. The van der Waals surface area contributed by atoms with Crippen LogP contribution in [0.4, 0.5) is 4.39 Å². The summed E-state index contributed by atoms with van der Waals surface area (Å²) in [6.07, 6.45) is 2.76. The third-order valence-corrected chi connectivity index (χ3v) is 4.46. The van der Waals surface area contributed by atoms with Gasteiger partial charge in [-0.15, -0.1) is 0 Å². The highest BCUT2D eigenvalue weighted by atomic mass is 19.1. The maximum atomic E-state index is 13.5. The fourth-order valence-corrected chi connectivity index (χ4v) is 2.87. The summed E-state index contributed by atoms with van der Waals surface area (Å²) in [6, 6.07) is 6.89. The summed E-state index contributed by atoms with van der Waals surface area (Å²) in [6.45, 7) is 5.01. The molecule has 3 heteroatoms. The number of hydrogen-bond donors (Lipinski definition) is 2. The molecule has 1 aromatic carbocycles. The maximum absolute atomic E-state index is 13.5. The van der Waals surface area contributed by atoms with Crippen LogP contribution in [0.25, 0.3) is 0 Å². The van der Waals surface area contributed by atoms with Crippen LogP contribution in [0, 0.1) is 17.7 Å². The minimum Gasteiger partial charge on any atom is -0.387 e. The molecule has 0 spiro atoms. The van der Waals surface area contributed by atoms with Crippen LogP contribution in [0.2, 0.25) is 0 Å². The van der Waals surface area contributed by atoms with Crippen LogP contribution in [0.3, 0.4) is 0 Å². The number of aliphatic hydroxyl groups is 1. The van der Waals surface area contributed by atoms with Gasteiger partial charge in [0.15, 0.2) is 0 Å². The lowest BCUT2D eigenvalue weighted by atomic mass is 9.79. The molecule has 0 heterocycles. The van der Waals surface area contributed by atoms with Gasteiger partial charge in [0.05, 0.1) is 6.10 Å². The number of nitrogens with one attached hydrogen (secondary N) is 1. The molecule has 2 N–H and O–H groups in total. The second-order valence-electron chi connectivity index (χ2n) is 5.91. The molecular formula is C16H24FNO. The zero-order valence-corrected chi connectivity index (χ0v) is 11.8. The van der Waals surface area contributed by atoms with Crippen molar-refractivity contribution in [1.82, 2.24) is 5.32 Å². The smallest absolute Gasteiger partial charge is 0.129 e. The Morgan fingerprint density at radius 2 is 2.00 bits per heavy atom. The summed E-state index contributed by atoms with van der Waals surface area (Å²) in [7, 11) is 0. The molecule has 0 aliphatic heterocycles. The molecule has 4 atom stereocenters. The van der Waals surface area contributed by atoms with E-state index < -0.39 is 6.10 Å². The predicted octanol–water partition coefficient (Wildman–Crippen LogP) is 3.27. The Bertz CT molecular complexity index is 409. The topological polar surface area (TPSA) is 32.3 Å². The van der Waals surface area contributed by atoms with Crippen LogP contribution in [0.5, 0.6) is 0 Å². The van der Waals surface area contributed by atoms with Crippen molar-refractivity contribution in [2.75, 3.05) is 6.54 Å². The normalized spacial score (nSPS) is 29.2. The first-order valence-corrected chi connectivity index (χ1v) is 7.23. The van der Waals surface area contributed by atoms with E-state index in [2.05, 4.69) is 19.2 Å². The van der Waals surface area contributed by atoms with Crippen molar-refractivity contribution < 1.29 is 9.50 Å². The van der Waals surface area contributed by atoms with E-state index in [9.17, 15) is 9.50 Å². The largest absolute Gasteiger partial charge is 0.387 e. The standard InChI is InChI=1S/C16H24FNO/c1-11-7-8-13(9-12(11)2)18-10-16(19)14-5-3-4-6-15(14)17/h3-6,11-13,16,18-19H,7-10H2,1-2H3. The molecule has 0 radical (unpaired) electrons. The van der Waals surface area contributed by atoms with Gasteiger partial charge in [0, 0.05) is 18.2 Å². The Morgan fingerprint density at radius 3 is 2.68 bits per heavy atom. The average Bonchev–Trinajstić information content (AvgIpc) is 2.40. The molecule has 2 rings (SSSR count). The van der Waals surface area contributed by atoms with Gasteiger partial charge in [-0.05, 0) is 37.2 Å². The number of aliphatic hydroxyl groups excluding tert-OH is 1. The van der Waals surface area contributed by atoms with E-state index in [1.54, 1.807) is 18.2 Å². The van der Waals surface area contributed by atoms with E-state index in [1.807, 2.05) is 0 Å². The summed E-state index contributed by atoms with van der Waals surface area (Å²) in [4.78, 5) is 0. The second-order valence-corrected chi connectivity index (χ2v) is 5.91. The van der Waals surface area contributed by atoms with Crippen molar-refractivity contribution in [1.29, 1.82) is 0 Å². The number of hydrogen-bond acceptors (Lipinski definition) is 2. The lowest BCUT2D eigenvalue weighted by Gasteiger charge is -2.33. The highest BCUT2D eigenvalue weighted by molar-refractivity contribution is 5.20. The molecule has 1 saturated carbocycles. The van der Waals surface area contributed by atoms with Gasteiger partial charge in [0.25, 0.3) is 0 Å². The highest BCUT2D eigenvalue weighted by Gasteiger charge is 2.24. The van der Waals surface area contributed by atoms with Crippen LogP contribution in [0.15, 0.2) is 24.3 Å². The van der Waals surface area contributed by atoms with E-state index in [1.165, 1.54) is 12.5 Å². The molecule has 1 aliphatic rings. The summed E-state index contributed by atoms with van der Waals surface area (Å²) in [5.74, 6) is 1.17. The molecule has 0 saturated heterocycles. The van der Waals surface area contributed by atoms with Gasteiger partial charge in [0.1, 0.15) is 5.82 Å². The van der Waals surface area contributed by atoms with Crippen molar-refractivity contribution in [3.8, 4) is 0 Å². The Labute approximate surface area is 115 Å². The molecular weight excluding hydrogens is 241 g/mol. The molecule has 0 bridgehead atoms. The van der Waals surface area contributed by atoms with E-state index >= 15 is 0 Å². The van der Waals surface area contributed by atoms with E-state index in [0.29, 0.717) is 18.2 Å². The van der Waals surface area contributed by atoms with Crippen LogP contribution >= 0.6 is 0 Å². The predicted molar refractivity (Wildman–Crippen MR) is 75.3 cm³/mol. The van der Waals surface area contributed by atoms with Crippen LogP contribution in [0.1, 0.15) is 44.8 Å². The van der Waals surface area contributed by atoms with Crippen LogP contribution in [-0.4, -0.2) is 17.7 Å². The van der Waals surface area contributed by atoms with Crippen LogP contribution in [-0.2, 0) is 0 Å². The minimum atomic E-state index is -0.768. The number of halogens is 1. The van der Waals surface area contributed by atoms with Crippen molar-refractivity contribution in [3.63, 3.8) is 0 Å². The number of benzene rings is 1. The zero-order chi connectivity index (χ0) is 13.8. The average molecular weight is 265 g/mol. The van der Waals surface area contributed by atoms with Gasteiger partial charge >= 0.3 is 0 Å². The van der Waals surface area contributed by atoms with Crippen molar-refractivity contribution in [2.24, 2.45) is 11.8 Å². The molecule has 1 aliphatic carbocycles. The Kier molecular flexibility index (Phi) is 4.94. The highest BCUT2D eigenvalue weighted by Crippen LogP contribution is 2.29.